The fraction of sp³-hybridized carbons (Fsp3) is 0.800. The van der Waals surface area contributed by atoms with Crippen molar-refractivity contribution in [2.75, 3.05) is 13.1 Å². The summed E-state index contributed by atoms with van der Waals surface area (Å²) in [7, 11) is 0. The molecule has 0 aliphatic carbocycles. The highest BCUT2D eigenvalue weighted by Crippen LogP contribution is 2.08. The van der Waals surface area contributed by atoms with Crippen molar-refractivity contribution in [3.8, 4) is 0 Å². The molecular formula is C10H18N2O3. The Morgan fingerprint density at radius 3 is 3.00 bits per heavy atom. The highest BCUT2D eigenvalue weighted by molar-refractivity contribution is 5.89. The van der Waals surface area contributed by atoms with Gasteiger partial charge >= 0.3 is 0 Å². The summed E-state index contributed by atoms with van der Waals surface area (Å²) in [6.45, 7) is 2.73. The Bertz CT molecular complexity index is 241. The van der Waals surface area contributed by atoms with Crippen LogP contribution in [0, 0.1) is 5.92 Å². The molecule has 1 fully saturated rings. The number of hydrogen-bond acceptors (Lipinski definition) is 3. The van der Waals surface area contributed by atoms with Crippen molar-refractivity contribution in [1.29, 1.82) is 0 Å². The third kappa shape index (κ3) is 4.29. The van der Waals surface area contributed by atoms with Crippen LogP contribution in [0.25, 0.3) is 0 Å². The van der Waals surface area contributed by atoms with E-state index in [-0.39, 0.29) is 23.8 Å². The summed E-state index contributed by atoms with van der Waals surface area (Å²) in [5.74, 6) is -0.345. The second kappa shape index (κ2) is 5.70. The summed E-state index contributed by atoms with van der Waals surface area (Å²) in [4.78, 5) is 22.3. The first kappa shape index (κ1) is 12.0. The zero-order chi connectivity index (χ0) is 11.3. The molecular weight excluding hydrogens is 196 g/mol. The molecule has 0 spiro atoms. The molecule has 86 valence electrons. The zero-order valence-electron chi connectivity index (χ0n) is 8.95. The summed E-state index contributed by atoms with van der Waals surface area (Å²) in [6, 6.07) is 0. The molecule has 0 aromatic heterocycles. The minimum Gasteiger partial charge on any atom is -0.393 e. The maximum atomic E-state index is 11.5. The molecule has 5 nitrogen and oxygen atoms in total. The van der Waals surface area contributed by atoms with Gasteiger partial charge in [-0.2, -0.15) is 0 Å². The second-order valence-corrected chi connectivity index (χ2v) is 3.99. The van der Waals surface area contributed by atoms with Gasteiger partial charge in [-0.1, -0.05) is 0 Å². The van der Waals surface area contributed by atoms with Gasteiger partial charge < -0.3 is 15.7 Å². The largest absolute Gasteiger partial charge is 0.393 e. The van der Waals surface area contributed by atoms with Crippen molar-refractivity contribution in [2.24, 2.45) is 5.92 Å². The Labute approximate surface area is 89.2 Å². The van der Waals surface area contributed by atoms with Gasteiger partial charge in [0.2, 0.25) is 11.8 Å². The van der Waals surface area contributed by atoms with Crippen molar-refractivity contribution in [3.05, 3.63) is 0 Å². The molecule has 15 heavy (non-hydrogen) atoms. The summed E-state index contributed by atoms with van der Waals surface area (Å²) in [6.07, 6.45) is 1.42. The number of nitrogens with one attached hydrogen (secondary N) is 2. The van der Waals surface area contributed by atoms with E-state index in [1.165, 1.54) is 0 Å². The smallest absolute Gasteiger partial charge is 0.225 e. The third-order valence-corrected chi connectivity index (χ3v) is 2.45. The van der Waals surface area contributed by atoms with Gasteiger partial charge in [-0.15, -0.1) is 0 Å². The monoisotopic (exact) mass is 214 g/mol. The first-order chi connectivity index (χ1) is 7.09. The number of amides is 2. The number of aliphatic hydroxyl groups is 1. The number of carbonyl (C=O) groups is 2. The summed E-state index contributed by atoms with van der Waals surface area (Å²) < 4.78 is 0. The lowest BCUT2D eigenvalue weighted by Crippen LogP contribution is -2.32. The summed E-state index contributed by atoms with van der Waals surface area (Å²) in [5.41, 5.74) is 0. The van der Waals surface area contributed by atoms with Crippen LogP contribution in [0.3, 0.4) is 0 Å². The van der Waals surface area contributed by atoms with Crippen LogP contribution < -0.4 is 10.6 Å². The lowest BCUT2D eigenvalue weighted by molar-refractivity contribution is -0.126. The van der Waals surface area contributed by atoms with E-state index >= 15 is 0 Å². The average Bonchev–Trinajstić information content (AvgIpc) is 2.59. The molecule has 1 heterocycles. The van der Waals surface area contributed by atoms with E-state index in [1.54, 1.807) is 6.92 Å². The number of aliphatic hydroxyl groups excluding tert-OH is 1. The molecule has 2 unspecified atom stereocenters. The lowest BCUT2D eigenvalue weighted by atomic mass is 10.1. The van der Waals surface area contributed by atoms with Crippen LogP contribution in [-0.4, -0.2) is 36.1 Å². The molecule has 1 aliphatic rings. The van der Waals surface area contributed by atoms with Gasteiger partial charge in [-0.25, -0.2) is 0 Å². The van der Waals surface area contributed by atoms with Crippen LogP contribution in [-0.2, 0) is 9.59 Å². The van der Waals surface area contributed by atoms with Crippen LogP contribution in [0.15, 0.2) is 0 Å². The molecule has 0 saturated carbocycles. The molecule has 0 aromatic carbocycles. The summed E-state index contributed by atoms with van der Waals surface area (Å²) >= 11 is 0. The van der Waals surface area contributed by atoms with Gasteiger partial charge in [-0.3, -0.25) is 9.59 Å². The SMILES string of the molecule is CC(O)CCCNC(=O)C1CNC(=O)C1. The minimum atomic E-state index is -0.323. The fourth-order valence-corrected chi connectivity index (χ4v) is 1.54. The van der Waals surface area contributed by atoms with Gasteiger partial charge in [0.1, 0.15) is 0 Å². The van der Waals surface area contributed by atoms with E-state index < -0.39 is 0 Å². The van der Waals surface area contributed by atoms with Gasteiger partial charge in [0, 0.05) is 19.5 Å². The van der Waals surface area contributed by atoms with Crippen molar-refractivity contribution in [1.82, 2.24) is 10.6 Å². The van der Waals surface area contributed by atoms with Crippen LogP contribution in [0.1, 0.15) is 26.2 Å². The van der Waals surface area contributed by atoms with E-state index in [4.69, 9.17) is 5.11 Å². The quantitative estimate of drug-likeness (QED) is 0.535. The van der Waals surface area contributed by atoms with E-state index in [1.807, 2.05) is 0 Å². The third-order valence-electron chi connectivity index (χ3n) is 2.45. The molecule has 3 N–H and O–H groups in total. The molecule has 1 rings (SSSR count). The highest BCUT2D eigenvalue weighted by atomic mass is 16.3. The van der Waals surface area contributed by atoms with Crippen LogP contribution in [0.5, 0.6) is 0 Å². The molecule has 2 atom stereocenters. The second-order valence-electron chi connectivity index (χ2n) is 3.99. The summed E-state index contributed by atoms with van der Waals surface area (Å²) in [5, 5.41) is 14.4. The van der Waals surface area contributed by atoms with Gasteiger partial charge in [0.05, 0.1) is 12.0 Å². The predicted octanol–water partition coefficient (Wildman–Crippen LogP) is -0.600. The van der Waals surface area contributed by atoms with Crippen molar-refractivity contribution in [3.63, 3.8) is 0 Å². The molecule has 2 amide bonds. The molecule has 1 aliphatic heterocycles. The Balaban J connectivity index is 2.11. The van der Waals surface area contributed by atoms with Gasteiger partial charge in [0.15, 0.2) is 0 Å². The standard InChI is InChI=1S/C10H18N2O3/c1-7(13)3-2-4-11-10(15)8-5-9(14)12-6-8/h7-8,13H,2-6H2,1H3,(H,11,15)(H,12,14). The Kier molecular flexibility index (Phi) is 4.55. The van der Waals surface area contributed by atoms with E-state index in [0.29, 0.717) is 25.9 Å². The normalized spacial score (nSPS) is 22.3. The fourth-order valence-electron chi connectivity index (χ4n) is 1.54. The number of hydrogen-bond donors (Lipinski definition) is 3. The molecule has 0 aromatic rings. The predicted molar refractivity (Wildman–Crippen MR) is 55.0 cm³/mol. The number of rotatable bonds is 5. The minimum absolute atomic E-state index is 0.0564. The topological polar surface area (TPSA) is 78.4 Å². The van der Waals surface area contributed by atoms with Gasteiger partial charge in [0.25, 0.3) is 0 Å². The average molecular weight is 214 g/mol. The van der Waals surface area contributed by atoms with E-state index in [9.17, 15) is 9.59 Å². The van der Waals surface area contributed by atoms with Crippen LogP contribution in [0.4, 0.5) is 0 Å². The maximum absolute atomic E-state index is 11.5. The molecule has 5 heteroatoms. The first-order valence-corrected chi connectivity index (χ1v) is 5.32. The Morgan fingerprint density at radius 2 is 2.47 bits per heavy atom. The Hall–Kier alpha value is -1.10. The van der Waals surface area contributed by atoms with Crippen LogP contribution in [0.2, 0.25) is 0 Å². The van der Waals surface area contributed by atoms with Gasteiger partial charge in [-0.05, 0) is 19.8 Å². The first-order valence-electron chi connectivity index (χ1n) is 5.32. The van der Waals surface area contributed by atoms with E-state index in [2.05, 4.69) is 10.6 Å². The van der Waals surface area contributed by atoms with Crippen molar-refractivity contribution in [2.45, 2.75) is 32.3 Å². The van der Waals surface area contributed by atoms with Crippen molar-refractivity contribution < 1.29 is 14.7 Å². The number of carbonyl (C=O) groups excluding carboxylic acids is 2. The molecule has 1 saturated heterocycles. The van der Waals surface area contributed by atoms with Crippen LogP contribution >= 0.6 is 0 Å². The van der Waals surface area contributed by atoms with Crippen molar-refractivity contribution >= 4 is 11.8 Å². The lowest BCUT2D eigenvalue weighted by Gasteiger charge is -2.09. The zero-order valence-corrected chi connectivity index (χ0v) is 8.95. The highest BCUT2D eigenvalue weighted by Gasteiger charge is 2.27. The van der Waals surface area contributed by atoms with E-state index in [0.717, 1.165) is 6.42 Å². The maximum Gasteiger partial charge on any atom is 0.225 e. The molecule has 0 bridgehead atoms. The Morgan fingerprint density at radius 1 is 1.73 bits per heavy atom. The molecule has 0 radical (unpaired) electrons.